The highest BCUT2D eigenvalue weighted by atomic mass is 16.6. The van der Waals surface area contributed by atoms with Gasteiger partial charge in [-0.05, 0) is 56.8 Å². The van der Waals surface area contributed by atoms with Gasteiger partial charge in [-0.25, -0.2) is 0 Å². The lowest BCUT2D eigenvalue weighted by Gasteiger charge is -2.50. The van der Waals surface area contributed by atoms with Crippen LogP contribution in [-0.4, -0.2) is 23.4 Å². The molecule has 1 spiro atoms. The first kappa shape index (κ1) is 10.8. The molecule has 2 saturated carbocycles. The monoisotopic (exact) mass is 236 g/mol. The molecule has 6 atom stereocenters. The molecule has 0 aromatic heterocycles. The maximum Gasteiger partial charge on any atom is 0.114 e. The maximum absolute atomic E-state index is 6.75. The zero-order valence-electron chi connectivity index (χ0n) is 11.3. The van der Waals surface area contributed by atoms with E-state index in [1.165, 1.54) is 32.1 Å². The molecule has 96 valence electrons. The van der Waals surface area contributed by atoms with E-state index >= 15 is 0 Å². The van der Waals surface area contributed by atoms with E-state index in [1.807, 2.05) is 0 Å². The van der Waals surface area contributed by atoms with Gasteiger partial charge >= 0.3 is 0 Å². The molecular weight excluding hydrogens is 212 g/mol. The van der Waals surface area contributed by atoms with E-state index in [0.29, 0.717) is 17.6 Å². The summed E-state index contributed by atoms with van der Waals surface area (Å²) in [6, 6.07) is 0. The summed E-state index contributed by atoms with van der Waals surface area (Å²) < 4.78 is 12.7. The highest BCUT2D eigenvalue weighted by molar-refractivity contribution is 5.22. The number of epoxide rings is 1. The minimum atomic E-state index is 0.0730. The Morgan fingerprint density at radius 2 is 1.94 bits per heavy atom. The summed E-state index contributed by atoms with van der Waals surface area (Å²) in [5, 5.41) is 0. The van der Waals surface area contributed by atoms with Crippen molar-refractivity contribution in [3.63, 3.8) is 0 Å². The average molecular weight is 236 g/mol. The van der Waals surface area contributed by atoms with Crippen molar-refractivity contribution in [2.24, 2.45) is 11.3 Å². The van der Waals surface area contributed by atoms with E-state index in [1.54, 1.807) is 0 Å². The third kappa shape index (κ3) is 1.10. The average Bonchev–Trinajstić information content (AvgIpc) is 3.05. The summed E-state index contributed by atoms with van der Waals surface area (Å²) in [6.45, 7) is 7.08. The van der Waals surface area contributed by atoms with Crippen LogP contribution in [0.4, 0.5) is 0 Å². The van der Waals surface area contributed by atoms with Crippen molar-refractivity contribution >= 4 is 0 Å². The second kappa shape index (κ2) is 2.91. The summed E-state index contributed by atoms with van der Waals surface area (Å²) in [7, 11) is 0. The first-order valence-electron chi connectivity index (χ1n) is 7.39. The largest absolute Gasteiger partial charge is 0.366 e. The van der Waals surface area contributed by atoms with Gasteiger partial charge in [0.15, 0.2) is 0 Å². The Hall–Kier alpha value is -0.0800. The van der Waals surface area contributed by atoms with Crippen molar-refractivity contribution in [2.45, 2.75) is 82.7 Å². The van der Waals surface area contributed by atoms with E-state index in [-0.39, 0.29) is 11.2 Å². The molecule has 2 aliphatic heterocycles. The summed E-state index contributed by atoms with van der Waals surface area (Å²) >= 11 is 0. The van der Waals surface area contributed by atoms with Crippen molar-refractivity contribution in [1.82, 2.24) is 0 Å². The predicted molar refractivity (Wildman–Crippen MR) is 65.9 cm³/mol. The number of hydrogen-bond acceptors (Lipinski definition) is 2. The van der Waals surface area contributed by atoms with Crippen LogP contribution in [0.3, 0.4) is 0 Å². The fourth-order valence-corrected chi connectivity index (χ4v) is 5.05. The van der Waals surface area contributed by atoms with Crippen molar-refractivity contribution < 1.29 is 9.47 Å². The van der Waals surface area contributed by atoms with Crippen molar-refractivity contribution in [3.8, 4) is 0 Å². The molecular formula is C15H24O2. The Balaban J connectivity index is 1.78. The van der Waals surface area contributed by atoms with E-state index in [0.717, 1.165) is 12.3 Å². The van der Waals surface area contributed by atoms with Crippen molar-refractivity contribution in [2.75, 3.05) is 0 Å². The molecule has 0 aromatic carbocycles. The van der Waals surface area contributed by atoms with Gasteiger partial charge < -0.3 is 9.47 Å². The van der Waals surface area contributed by atoms with E-state index < -0.39 is 0 Å². The van der Waals surface area contributed by atoms with Crippen LogP contribution in [0.5, 0.6) is 0 Å². The van der Waals surface area contributed by atoms with Gasteiger partial charge in [0.2, 0.25) is 0 Å². The smallest absolute Gasteiger partial charge is 0.114 e. The molecule has 2 heteroatoms. The summed E-state index contributed by atoms with van der Waals surface area (Å²) in [5.41, 5.74) is 0.573. The second-order valence-electron chi connectivity index (χ2n) is 7.29. The van der Waals surface area contributed by atoms with Crippen LogP contribution in [-0.2, 0) is 9.47 Å². The van der Waals surface area contributed by atoms with Crippen molar-refractivity contribution in [3.05, 3.63) is 0 Å². The number of hydrogen-bond donors (Lipinski definition) is 0. The lowest BCUT2D eigenvalue weighted by molar-refractivity contribution is -0.172. The van der Waals surface area contributed by atoms with E-state index in [2.05, 4.69) is 20.8 Å². The fourth-order valence-electron chi connectivity index (χ4n) is 5.05. The minimum absolute atomic E-state index is 0.0730. The Bertz CT molecular complexity index is 368. The molecule has 2 saturated heterocycles. The second-order valence-corrected chi connectivity index (χ2v) is 7.29. The van der Waals surface area contributed by atoms with E-state index in [9.17, 15) is 0 Å². The highest BCUT2D eigenvalue weighted by Crippen LogP contribution is 2.68. The maximum atomic E-state index is 6.75. The first-order chi connectivity index (χ1) is 8.03. The molecule has 4 fully saturated rings. The Kier molecular flexibility index (Phi) is 1.85. The molecule has 2 aliphatic carbocycles. The topological polar surface area (TPSA) is 21.8 Å². The molecule has 17 heavy (non-hydrogen) atoms. The standard InChI is InChI=1S/C15H24O2/c1-4-14(3)10-5-7-13(2)8-6-11-12(16-11)15(13,9-10)17-14/h10-12H,4-9H2,1-3H3/t10-,11?,12+,13-,14?,15+/m1/s1. The summed E-state index contributed by atoms with van der Waals surface area (Å²) in [6.07, 6.45) is 8.64. The van der Waals surface area contributed by atoms with Gasteiger partial charge in [0, 0.05) is 0 Å². The molecule has 0 aromatic rings. The van der Waals surface area contributed by atoms with Crippen LogP contribution in [0.1, 0.15) is 59.3 Å². The molecule has 2 unspecified atom stereocenters. The Labute approximate surface area is 104 Å². The lowest BCUT2D eigenvalue weighted by Crippen LogP contribution is -2.55. The number of rotatable bonds is 1. The molecule has 2 bridgehead atoms. The third-order valence-electron chi connectivity index (χ3n) is 6.62. The fraction of sp³-hybridized carbons (Fsp3) is 1.00. The summed E-state index contributed by atoms with van der Waals surface area (Å²) in [4.78, 5) is 0. The normalized spacial score (nSPS) is 64.1. The van der Waals surface area contributed by atoms with Crippen LogP contribution < -0.4 is 0 Å². The SMILES string of the molecule is CCC1(C)O[C@]23C[C@H]1CC[C@]2(C)CCC1O[C@@H]13. The Morgan fingerprint density at radius 1 is 1.18 bits per heavy atom. The van der Waals surface area contributed by atoms with Gasteiger partial charge in [0.25, 0.3) is 0 Å². The molecule has 0 N–H and O–H groups in total. The van der Waals surface area contributed by atoms with Crippen LogP contribution in [0.2, 0.25) is 0 Å². The van der Waals surface area contributed by atoms with Crippen LogP contribution in [0, 0.1) is 11.3 Å². The third-order valence-corrected chi connectivity index (χ3v) is 6.62. The van der Waals surface area contributed by atoms with E-state index in [4.69, 9.17) is 9.47 Å². The van der Waals surface area contributed by atoms with Gasteiger partial charge in [-0.3, -0.25) is 0 Å². The van der Waals surface area contributed by atoms with Crippen LogP contribution in [0.25, 0.3) is 0 Å². The van der Waals surface area contributed by atoms with Crippen LogP contribution in [0.15, 0.2) is 0 Å². The molecule has 4 aliphatic rings. The van der Waals surface area contributed by atoms with Crippen molar-refractivity contribution in [1.29, 1.82) is 0 Å². The van der Waals surface area contributed by atoms with Gasteiger partial charge in [0.1, 0.15) is 11.7 Å². The first-order valence-corrected chi connectivity index (χ1v) is 7.39. The lowest BCUT2D eigenvalue weighted by atomic mass is 9.56. The zero-order valence-corrected chi connectivity index (χ0v) is 11.3. The zero-order chi connectivity index (χ0) is 11.9. The number of ether oxygens (including phenoxy) is 2. The van der Waals surface area contributed by atoms with Gasteiger partial charge in [-0.15, -0.1) is 0 Å². The van der Waals surface area contributed by atoms with Gasteiger partial charge in [-0.1, -0.05) is 13.8 Å². The van der Waals surface area contributed by atoms with Gasteiger partial charge in [-0.2, -0.15) is 0 Å². The quantitative estimate of drug-likeness (QED) is 0.652. The molecule has 0 radical (unpaired) electrons. The number of fused-ring (bicyclic) bond motifs is 2. The minimum Gasteiger partial charge on any atom is -0.366 e. The molecule has 4 rings (SSSR count). The van der Waals surface area contributed by atoms with Crippen LogP contribution >= 0.6 is 0 Å². The van der Waals surface area contributed by atoms with Gasteiger partial charge in [0.05, 0.1) is 11.7 Å². The molecule has 0 amide bonds. The predicted octanol–water partition coefficient (Wildman–Crippen LogP) is 3.29. The molecule has 2 nitrogen and oxygen atoms in total. The Morgan fingerprint density at radius 3 is 2.71 bits per heavy atom. The highest BCUT2D eigenvalue weighted by Gasteiger charge is 2.73. The summed E-state index contributed by atoms with van der Waals surface area (Å²) in [5.74, 6) is 0.767. The molecule has 2 heterocycles.